The fraction of sp³-hybridized carbons (Fsp3) is 0.600. The fourth-order valence-corrected chi connectivity index (χ4v) is 2.41. The Morgan fingerprint density at radius 3 is 2.41 bits per heavy atom. The number of hydrogen-bond donors (Lipinski definition) is 1. The molecule has 1 atom stereocenters. The number of halogens is 1. The van der Waals surface area contributed by atoms with Crippen molar-refractivity contribution in [3.63, 3.8) is 0 Å². The first kappa shape index (κ1) is 12.6. The lowest BCUT2D eigenvalue weighted by Crippen LogP contribution is -2.30. The van der Waals surface area contributed by atoms with E-state index in [9.17, 15) is 4.39 Å². The van der Waals surface area contributed by atoms with Crippen LogP contribution in [-0.4, -0.2) is 6.54 Å². The molecular weight excluding hydrogens is 213 g/mol. The van der Waals surface area contributed by atoms with E-state index in [2.05, 4.69) is 19.2 Å². The van der Waals surface area contributed by atoms with Crippen LogP contribution in [0, 0.1) is 17.2 Å². The van der Waals surface area contributed by atoms with Gasteiger partial charge in [-0.2, -0.15) is 0 Å². The van der Waals surface area contributed by atoms with E-state index in [0.717, 1.165) is 12.1 Å². The van der Waals surface area contributed by atoms with E-state index in [0.29, 0.717) is 11.3 Å². The monoisotopic (exact) mass is 235 g/mol. The molecule has 0 spiro atoms. The van der Waals surface area contributed by atoms with E-state index < -0.39 is 0 Å². The highest BCUT2D eigenvalue weighted by atomic mass is 19.1. The van der Waals surface area contributed by atoms with Crippen molar-refractivity contribution in [2.45, 2.75) is 39.7 Å². The lowest BCUT2D eigenvalue weighted by molar-refractivity contribution is 0.323. The summed E-state index contributed by atoms with van der Waals surface area (Å²) >= 11 is 0. The topological polar surface area (TPSA) is 12.0 Å². The lowest BCUT2D eigenvalue weighted by atomic mass is 9.92. The molecule has 1 nitrogen and oxygen atoms in total. The van der Waals surface area contributed by atoms with Gasteiger partial charge in [-0.3, -0.25) is 0 Å². The average Bonchev–Trinajstić information content (AvgIpc) is 3.07. The maximum atomic E-state index is 13.6. The van der Waals surface area contributed by atoms with Crippen molar-refractivity contribution in [1.29, 1.82) is 0 Å². The van der Waals surface area contributed by atoms with Crippen molar-refractivity contribution < 1.29 is 4.39 Å². The van der Waals surface area contributed by atoms with E-state index in [1.54, 1.807) is 6.07 Å². The molecule has 17 heavy (non-hydrogen) atoms. The molecule has 0 saturated heterocycles. The summed E-state index contributed by atoms with van der Waals surface area (Å²) in [5.74, 6) is 0.602. The van der Waals surface area contributed by atoms with Crippen LogP contribution in [0.4, 0.5) is 4.39 Å². The second kappa shape index (κ2) is 4.77. The van der Waals surface area contributed by atoms with Crippen LogP contribution in [0.3, 0.4) is 0 Å². The van der Waals surface area contributed by atoms with Crippen LogP contribution < -0.4 is 5.32 Å². The van der Waals surface area contributed by atoms with Gasteiger partial charge in [0.1, 0.15) is 5.82 Å². The van der Waals surface area contributed by atoms with Crippen LogP contribution in [0.25, 0.3) is 0 Å². The van der Waals surface area contributed by atoms with Crippen LogP contribution in [0.5, 0.6) is 0 Å². The van der Waals surface area contributed by atoms with E-state index in [1.807, 2.05) is 19.1 Å². The molecule has 0 radical (unpaired) electrons. The normalized spacial score (nSPS) is 19.4. The van der Waals surface area contributed by atoms with E-state index in [4.69, 9.17) is 0 Å². The maximum Gasteiger partial charge on any atom is 0.127 e. The van der Waals surface area contributed by atoms with E-state index in [-0.39, 0.29) is 11.9 Å². The zero-order chi connectivity index (χ0) is 12.5. The van der Waals surface area contributed by atoms with Crippen LogP contribution >= 0.6 is 0 Å². The van der Waals surface area contributed by atoms with Crippen molar-refractivity contribution in [3.8, 4) is 0 Å². The molecule has 0 aromatic heterocycles. The lowest BCUT2D eigenvalue weighted by Gasteiger charge is -2.23. The minimum absolute atomic E-state index is 0.0902. The summed E-state index contributed by atoms with van der Waals surface area (Å²) in [4.78, 5) is 0. The Morgan fingerprint density at radius 2 is 1.88 bits per heavy atom. The SMILES string of the molecule is CC(NCC1(C(C)C)CC1)c1ccccc1F. The highest BCUT2D eigenvalue weighted by molar-refractivity contribution is 5.20. The molecule has 0 heterocycles. The van der Waals surface area contributed by atoms with Crippen LogP contribution in [0.1, 0.15) is 45.2 Å². The number of nitrogens with one attached hydrogen (secondary N) is 1. The summed E-state index contributed by atoms with van der Waals surface area (Å²) in [6.45, 7) is 7.60. The third-order valence-electron chi connectivity index (χ3n) is 4.25. The Hall–Kier alpha value is -0.890. The standard InChI is InChI=1S/C15H22FN/c1-11(2)15(8-9-15)10-17-12(3)13-6-4-5-7-14(13)16/h4-7,11-12,17H,8-10H2,1-3H3. The van der Waals surface area contributed by atoms with Gasteiger partial charge in [0.2, 0.25) is 0 Å². The average molecular weight is 235 g/mol. The summed E-state index contributed by atoms with van der Waals surface area (Å²) in [7, 11) is 0. The van der Waals surface area contributed by atoms with Gasteiger partial charge < -0.3 is 5.32 Å². The smallest absolute Gasteiger partial charge is 0.127 e. The fourth-order valence-electron chi connectivity index (χ4n) is 2.41. The molecule has 1 fully saturated rings. The second-order valence-corrected chi connectivity index (χ2v) is 5.64. The van der Waals surface area contributed by atoms with Crippen molar-refractivity contribution in [1.82, 2.24) is 5.32 Å². The molecule has 94 valence electrons. The van der Waals surface area contributed by atoms with Gasteiger partial charge in [0.15, 0.2) is 0 Å². The Kier molecular flexibility index (Phi) is 3.53. The highest BCUT2D eigenvalue weighted by Gasteiger charge is 2.44. The zero-order valence-corrected chi connectivity index (χ0v) is 11.0. The maximum absolute atomic E-state index is 13.6. The van der Waals surface area contributed by atoms with Gasteiger partial charge in [-0.1, -0.05) is 32.0 Å². The summed E-state index contributed by atoms with van der Waals surface area (Å²) in [5, 5.41) is 3.48. The van der Waals surface area contributed by atoms with Gasteiger partial charge in [0, 0.05) is 18.2 Å². The summed E-state index contributed by atoms with van der Waals surface area (Å²) in [6.07, 6.45) is 2.61. The molecular formula is C15H22FN. The molecule has 1 N–H and O–H groups in total. The second-order valence-electron chi connectivity index (χ2n) is 5.64. The Morgan fingerprint density at radius 1 is 1.24 bits per heavy atom. The van der Waals surface area contributed by atoms with Crippen molar-refractivity contribution in [3.05, 3.63) is 35.6 Å². The van der Waals surface area contributed by atoms with Crippen LogP contribution in [0.2, 0.25) is 0 Å². The molecule has 0 aliphatic heterocycles. The van der Waals surface area contributed by atoms with Gasteiger partial charge in [-0.15, -0.1) is 0 Å². The molecule has 1 aromatic carbocycles. The molecule has 1 saturated carbocycles. The molecule has 1 unspecified atom stereocenters. The molecule has 2 heteroatoms. The number of hydrogen-bond acceptors (Lipinski definition) is 1. The van der Waals surface area contributed by atoms with Crippen LogP contribution in [-0.2, 0) is 0 Å². The first-order valence-corrected chi connectivity index (χ1v) is 6.53. The predicted molar refractivity (Wildman–Crippen MR) is 69.3 cm³/mol. The van der Waals surface area contributed by atoms with Gasteiger partial charge in [-0.25, -0.2) is 4.39 Å². The largest absolute Gasteiger partial charge is 0.310 e. The Bertz CT molecular complexity index is 382. The predicted octanol–water partition coefficient (Wildman–Crippen LogP) is 3.91. The Labute approximate surface area is 103 Å². The molecule has 0 bridgehead atoms. The molecule has 1 aromatic rings. The van der Waals surface area contributed by atoms with Gasteiger partial charge >= 0.3 is 0 Å². The van der Waals surface area contributed by atoms with Crippen molar-refractivity contribution in [2.24, 2.45) is 11.3 Å². The summed E-state index contributed by atoms with van der Waals surface area (Å²) in [6, 6.07) is 7.12. The quantitative estimate of drug-likeness (QED) is 0.816. The summed E-state index contributed by atoms with van der Waals surface area (Å²) < 4.78 is 13.6. The number of benzene rings is 1. The number of rotatable bonds is 5. The van der Waals surface area contributed by atoms with Gasteiger partial charge in [-0.05, 0) is 37.2 Å². The first-order chi connectivity index (χ1) is 8.05. The first-order valence-electron chi connectivity index (χ1n) is 6.53. The zero-order valence-electron chi connectivity index (χ0n) is 11.0. The molecule has 2 rings (SSSR count). The Balaban J connectivity index is 1.94. The van der Waals surface area contributed by atoms with E-state index >= 15 is 0 Å². The minimum Gasteiger partial charge on any atom is -0.310 e. The van der Waals surface area contributed by atoms with Gasteiger partial charge in [0.05, 0.1) is 0 Å². The van der Waals surface area contributed by atoms with Crippen molar-refractivity contribution >= 4 is 0 Å². The van der Waals surface area contributed by atoms with Gasteiger partial charge in [0.25, 0.3) is 0 Å². The minimum atomic E-state index is -0.109. The molecule has 0 amide bonds. The summed E-state index contributed by atoms with van der Waals surface area (Å²) in [5.41, 5.74) is 1.24. The third-order valence-corrected chi connectivity index (χ3v) is 4.25. The highest BCUT2D eigenvalue weighted by Crippen LogP contribution is 2.51. The molecule has 1 aliphatic carbocycles. The molecule has 1 aliphatic rings. The van der Waals surface area contributed by atoms with E-state index in [1.165, 1.54) is 18.9 Å². The third kappa shape index (κ3) is 2.68. The van der Waals surface area contributed by atoms with Crippen molar-refractivity contribution in [2.75, 3.05) is 6.54 Å². The van der Waals surface area contributed by atoms with Crippen LogP contribution in [0.15, 0.2) is 24.3 Å².